The number of thioether (sulfide) groups is 1. The number of nitrogens with two attached hydrogens (primary N) is 1. The summed E-state index contributed by atoms with van der Waals surface area (Å²) in [7, 11) is -6.50. The molecule has 1 aromatic carbocycles. The summed E-state index contributed by atoms with van der Waals surface area (Å²) in [5.74, 6) is -7.65. The summed E-state index contributed by atoms with van der Waals surface area (Å²) in [6.45, 7) is 0. The van der Waals surface area contributed by atoms with Gasteiger partial charge in [0, 0.05) is 5.69 Å². The lowest BCUT2D eigenvalue weighted by Crippen LogP contribution is -2.55. The Labute approximate surface area is 139 Å². The highest BCUT2D eigenvalue weighted by Gasteiger charge is 2.78. The van der Waals surface area contributed by atoms with Crippen LogP contribution in [0.5, 0.6) is 0 Å². The van der Waals surface area contributed by atoms with Crippen molar-refractivity contribution in [2.45, 2.75) is 27.1 Å². The molecule has 5 nitrogen and oxygen atoms in total. The zero-order valence-corrected chi connectivity index (χ0v) is 13.3. The van der Waals surface area contributed by atoms with E-state index in [1.165, 1.54) is 0 Å². The van der Waals surface area contributed by atoms with Gasteiger partial charge in [-0.2, -0.15) is 30.7 Å². The number of halogens is 7. The van der Waals surface area contributed by atoms with E-state index in [1.807, 2.05) is 0 Å². The van der Waals surface area contributed by atoms with Crippen LogP contribution in [0.1, 0.15) is 0 Å². The highest BCUT2D eigenvalue weighted by molar-refractivity contribution is 8.00. The standard InChI is InChI=1S/C11H7F7N2O3S2/c12-9(13,10(14,15)16)11(17,18)25(22,23)4-1-5(19)8-6(2-4)20-7(21)3-24-8/h1-2H,3,19H2,(H,20,21). The summed E-state index contributed by atoms with van der Waals surface area (Å²) < 4.78 is 113. The fourth-order valence-electron chi connectivity index (χ4n) is 1.84. The van der Waals surface area contributed by atoms with E-state index in [2.05, 4.69) is 5.32 Å². The molecule has 0 saturated heterocycles. The van der Waals surface area contributed by atoms with Gasteiger partial charge in [0.15, 0.2) is 0 Å². The summed E-state index contributed by atoms with van der Waals surface area (Å²) in [5, 5.41) is -4.42. The Morgan fingerprint density at radius 2 is 1.64 bits per heavy atom. The van der Waals surface area contributed by atoms with Gasteiger partial charge in [0.1, 0.15) is 0 Å². The highest BCUT2D eigenvalue weighted by atomic mass is 32.2. The minimum absolute atomic E-state index is 0.0736. The van der Waals surface area contributed by atoms with E-state index in [-0.39, 0.29) is 16.3 Å². The molecule has 0 atom stereocenters. The number of carbonyl (C=O) groups is 1. The topological polar surface area (TPSA) is 89.3 Å². The third-order valence-electron chi connectivity index (χ3n) is 3.08. The number of carbonyl (C=O) groups excluding carboxylic acids is 1. The van der Waals surface area contributed by atoms with Gasteiger partial charge in [-0.25, -0.2) is 8.42 Å². The van der Waals surface area contributed by atoms with Crippen LogP contribution in [0.2, 0.25) is 0 Å². The maximum absolute atomic E-state index is 13.6. The third-order valence-corrected chi connectivity index (χ3v) is 6.02. The molecule has 0 aliphatic carbocycles. The Hall–Kier alpha value is -1.70. The quantitative estimate of drug-likeness (QED) is 0.589. The smallest absolute Gasteiger partial charge is 0.398 e. The maximum Gasteiger partial charge on any atom is 0.461 e. The molecule has 0 saturated carbocycles. The molecule has 1 aliphatic rings. The summed E-state index contributed by atoms with van der Waals surface area (Å²) in [4.78, 5) is 9.74. The van der Waals surface area contributed by atoms with E-state index in [0.29, 0.717) is 12.1 Å². The third kappa shape index (κ3) is 2.90. The zero-order valence-electron chi connectivity index (χ0n) is 11.6. The summed E-state index contributed by atoms with van der Waals surface area (Å²) in [6, 6.07) is 0.685. The summed E-state index contributed by atoms with van der Waals surface area (Å²) in [6.07, 6.45) is -6.81. The molecule has 0 fully saturated rings. The number of alkyl halides is 7. The molecule has 0 radical (unpaired) electrons. The van der Waals surface area contributed by atoms with Gasteiger partial charge in [0.25, 0.3) is 0 Å². The van der Waals surface area contributed by atoms with Crippen LogP contribution < -0.4 is 11.1 Å². The summed E-state index contributed by atoms with van der Waals surface area (Å²) in [5.41, 5.74) is 4.57. The molecule has 0 unspecified atom stereocenters. The van der Waals surface area contributed by atoms with Crippen LogP contribution >= 0.6 is 11.8 Å². The molecule has 140 valence electrons. The van der Waals surface area contributed by atoms with E-state index in [9.17, 15) is 43.9 Å². The predicted octanol–water partition coefficient (Wildman–Crippen LogP) is 2.88. The lowest BCUT2D eigenvalue weighted by molar-refractivity contribution is -0.332. The predicted molar refractivity (Wildman–Crippen MR) is 73.3 cm³/mol. The SMILES string of the molecule is Nc1cc(S(=O)(=O)C(F)(F)C(F)(F)C(F)(F)F)cc2c1SCC(=O)N2. The molecule has 14 heteroatoms. The number of rotatable bonds is 3. The minimum Gasteiger partial charge on any atom is -0.398 e. The lowest BCUT2D eigenvalue weighted by atomic mass is 10.2. The number of nitrogen functional groups attached to an aromatic ring is 1. The first-order valence-electron chi connectivity index (χ1n) is 6.06. The number of hydrogen-bond donors (Lipinski definition) is 2. The number of anilines is 2. The van der Waals surface area contributed by atoms with Crippen molar-refractivity contribution in [2.24, 2.45) is 0 Å². The Bertz CT molecular complexity index is 837. The number of nitrogens with one attached hydrogen (secondary N) is 1. The van der Waals surface area contributed by atoms with Crippen molar-refractivity contribution in [2.75, 3.05) is 16.8 Å². The number of fused-ring (bicyclic) bond motifs is 1. The van der Waals surface area contributed by atoms with Crippen LogP contribution in [0.15, 0.2) is 21.9 Å². The van der Waals surface area contributed by atoms with Gasteiger partial charge in [-0.15, -0.1) is 11.8 Å². The average molecular weight is 412 g/mol. The van der Waals surface area contributed by atoms with E-state index in [1.54, 1.807) is 0 Å². The largest absolute Gasteiger partial charge is 0.461 e. The first-order valence-corrected chi connectivity index (χ1v) is 8.53. The Balaban J connectivity index is 2.63. The van der Waals surface area contributed by atoms with Gasteiger partial charge in [0.05, 0.1) is 21.2 Å². The van der Waals surface area contributed by atoms with Gasteiger partial charge in [-0.1, -0.05) is 0 Å². The van der Waals surface area contributed by atoms with Crippen LogP contribution in [0, 0.1) is 0 Å². The minimum atomic E-state index is -6.85. The molecule has 0 bridgehead atoms. The molecule has 25 heavy (non-hydrogen) atoms. The molecule has 1 amide bonds. The van der Waals surface area contributed by atoms with Crippen LogP contribution in [0.25, 0.3) is 0 Å². The molecule has 2 rings (SSSR count). The first kappa shape index (κ1) is 19.6. The Kier molecular flexibility index (Phi) is 4.44. The summed E-state index contributed by atoms with van der Waals surface area (Å²) >= 11 is 0.813. The van der Waals surface area contributed by atoms with Crippen molar-refractivity contribution in [3.63, 3.8) is 0 Å². The van der Waals surface area contributed by atoms with Crippen molar-refractivity contribution >= 4 is 38.9 Å². The van der Waals surface area contributed by atoms with Gasteiger partial charge in [-0.05, 0) is 12.1 Å². The number of amides is 1. The molecule has 1 heterocycles. The van der Waals surface area contributed by atoms with Crippen LogP contribution in [0.4, 0.5) is 42.1 Å². The molecule has 0 spiro atoms. The molecular formula is C11H7F7N2O3S2. The van der Waals surface area contributed by atoms with Crippen LogP contribution in [-0.2, 0) is 14.6 Å². The number of hydrogen-bond acceptors (Lipinski definition) is 5. The Morgan fingerprint density at radius 3 is 2.16 bits per heavy atom. The second kappa shape index (κ2) is 5.65. The lowest BCUT2D eigenvalue weighted by Gasteiger charge is -2.28. The van der Waals surface area contributed by atoms with Gasteiger partial charge >= 0.3 is 17.4 Å². The molecule has 3 N–H and O–H groups in total. The number of benzene rings is 1. The van der Waals surface area contributed by atoms with Crippen molar-refractivity contribution in [3.05, 3.63) is 12.1 Å². The van der Waals surface area contributed by atoms with E-state index in [0.717, 1.165) is 11.8 Å². The zero-order chi connectivity index (χ0) is 19.4. The van der Waals surface area contributed by atoms with E-state index in [4.69, 9.17) is 5.73 Å². The number of sulfone groups is 1. The van der Waals surface area contributed by atoms with Crippen molar-refractivity contribution < 1.29 is 43.9 Å². The van der Waals surface area contributed by atoms with Gasteiger partial charge in [0.2, 0.25) is 15.7 Å². The molecule has 0 aromatic heterocycles. The maximum atomic E-state index is 13.6. The van der Waals surface area contributed by atoms with E-state index >= 15 is 0 Å². The fraction of sp³-hybridized carbons (Fsp3) is 0.364. The first-order chi connectivity index (χ1) is 11.1. The second-order valence-corrected chi connectivity index (χ2v) is 7.80. The van der Waals surface area contributed by atoms with Crippen LogP contribution in [-0.4, -0.2) is 37.4 Å². The Morgan fingerprint density at radius 1 is 1.08 bits per heavy atom. The van der Waals surface area contributed by atoms with Crippen molar-refractivity contribution in [3.8, 4) is 0 Å². The van der Waals surface area contributed by atoms with Gasteiger partial charge in [-0.3, -0.25) is 4.79 Å². The van der Waals surface area contributed by atoms with Crippen LogP contribution in [0.3, 0.4) is 0 Å². The van der Waals surface area contributed by atoms with Crippen molar-refractivity contribution in [1.82, 2.24) is 0 Å². The monoisotopic (exact) mass is 412 g/mol. The molecule has 1 aliphatic heterocycles. The molecular weight excluding hydrogens is 405 g/mol. The average Bonchev–Trinajstić information content (AvgIpc) is 2.44. The molecule has 1 aromatic rings. The normalized spacial score (nSPS) is 16.4. The van der Waals surface area contributed by atoms with Gasteiger partial charge < -0.3 is 11.1 Å². The highest BCUT2D eigenvalue weighted by Crippen LogP contribution is 2.51. The van der Waals surface area contributed by atoms with Crippen molar-refractivity contribution in [1.29, 1.82) is 0 Å². The second-order valence-electron chi connectivity index (χ2n) is 4.82. The fourth-order valence-corrected chi connectivity index (χ4v) is 3.98. The van der Waals surface area contributed by atoms with E-state index < -0.39 is 43.7 Å².